The van der Waals surface area contributed by atoms with Crippen LogP contribution in [0.5, 0.6) is 0 Å². The van der Waals surface area contributed by atoms with Gasteiger partial charge in [0, 0.05) is 13.2 Å². The van der Waals surface area contributed by atoms with Gasteiger partial charge >= 0.3 is 0 Å². The molecule has 4 nitrogen and oxygen atoms in total. The Bertz CT molecular complexity index is 374. The molecule has 2 atom stereocenters. The number of nitrogens with zero attached hydrogens (tertiary/aromatic N) is 2. The van der Waals surface area contributed by atoms with Crippen LogP contribution in [0.25, 0.3) is 0 Å². The van der Waals surface area contributed by atoms with Crippen molar-refractivity contribution in [2.75, 3.05) is 13.2 Å². The van der Waals surface area contributed by atoms with Gasteiger partial charge in [-0.3, -0.25) is 4.68 Å². The number of ether oxygens (including phenoxy) is 1. The first kappa shape index (κ1) is 13.8. The number of aromatic nitrogens is 2. The zero-order valence-corrected chi connectivity index (χ0v) is 11.9. The highest BCUT2D eigenvalue weighted by atomic mass is 35.5. The normalized spacial score (nSPS) is 21.4. The maximum absolute atomic E-state index is 6.30. The maximum Gasteiger partial charge on any atom is 0.0835 e. The van der Waals surface area contributed by atoms with E-state index in [2.05, 4.69) is 24.3 Å². The van der Waals surface area contributed by atoms with Crippen molar-refractivity contribution in [1.82, 2.24) is 15.1 Å². The molecule has 1 N–H and O–H groups in total. The average Bonchev–Trinajstić information content (AvgIpc) is 3.01. The Hall–Kier alpha value is -0.580. The SMILES string of the molecule is CCCNC(c1c(Cl)cnn1CC)C1CCCO1. The van der Waals surface area contributed by atoms with Crippen molar-refractivity contribution in [3.8, 4) is 0 Å². The molecule has 5 heteroatoms. The van der Waals surface area contributed by atoms with Gasteiger partial charge in [0.1, 0.15) is 0 Å². The fourth-order valence-corrected chi connectivity index (χ4v) is 2.76. The lowest BCUT2D eigenvalue weighted by Gasteiger charge is -2.25. The van der Waals surface area contributed by atoms with Crippen molar-refractivity contribution in [3.05, 3.63) is 16.9 Å². The van der Waals surface area contributed by atoms with Crippen LogP contribution < -0.4 is 5.32 Å². The highest BCUT2D eigenvalue weighted by Gasteiger charge is 2.30. The molecule has 0 spiro atoms. The number of halogens is 1. The summed E-state index contributed by atoms with van der Waals surface area (Å²) in [6.45, 7) is 6.90. The second-order valence-corrected chi connectivity index (χ2v) is 5.08. The number of aryl methyl sites for hydroxylation is 1. The first-order valence-electron chi connectivity index (χ1n) is 6.84. The van der Waals surface area contributed by atoms with Gasteiger partial charge in [0.25, 0.3) is 0 Å². The van der Waals surface area contributed by atoms with Crippen molar-refractivity contribution in [2.24, 2.45) is 0 Å². The molecular formula is C13H22ClN3O. The highest BCUT2D eigenvalue weighted by Crippen LogP contribution is 2.31. The van der Waals surface area contributed by atoms with Crippen molar-refractivity contribution in [3.63, 3.8) is 0 Å². The van der Waals surface area contributed by atoms with E-state index < -0.39 is 0 Å². The molecule has 0 bridgehead atoms. The molecule has 1 aliphatic heterocycles. The summed E-state index contributed by atoms with van der Waals surface area (Å²) in [5.41, 5.74) is 1.07. The number of hydrogen-bond acceptors (Lipinski definition) is 3. The van der Waals surface area contributed by atoms with E-state index in [1.807, 2.05) is 4.68 Å². The molecule has 0 aliphatic carbocycles. The molecule has 1 aliphatic rings. The lowest BCUT2D eigenvalue weighted by Crippen LogP contribution is -2.34. The van der Waals surface area contributed by atoms with Crippen molar-refractivity contribution < 1.29 is 4.74 Å². The third-order valence-electron chi connectivity index (χ3n) is 3.38. The van der Waals surface area contributed by atoms with Crippen LogP contribution in [0.3, 0.4) is 0 Å². The summed E-state index contributed by atoms with van der Waals surface area (Å²) in [5, 5.41) is 8.62. The van der Waals surface area contributed by atoms with Crippen LogP contribution in [0.15, 0.2) is 6.20 Å². The molecule has 0 saturated carbocycles. The zero-order valence-electron chi connectivity index (χ0n) is 11.2. The van der Waals surface area contributed by atoms with Gasteiger partial charge in [-0.25, -0.2) is 0 Å². The maximum atomic E-state index is 6.30. The third-order valence-corrected chi connectivity index (χ3v) is 3.67. The van der Waals surface area contributed by atoms with Crippen molar-refractivity contribution in [1.29, 1.82) is 0 Å². The zero-order chi connectivity index (χ0) is 13.0. The summed E-state index contributed by atoms with van der Waals surface area (Å²) in [5.74, 6) is 0. The van der Waals surface area contributed by atoms with Gasteiger partial charge < -0.3 is 10.1 Å². The molecule has 2 unspecified atom stereocenters. The van der Waals surface area contributed by atoms with Gasteiger partial charge in [0.05, 0.1) is 29.1 Å². The van der Waals surface area contributed by atoms with Gasteiger partial charge in [0.2, 0.25) is 0 Å². The van der Waals surface area contributed by atoms with E-state index in [9.17, 15) is 0 Å². The fourth-order valence-electron chi connectivity index (χ4n) is 2.50. The number of rotatable bonds is 6. The smallest absolute Gasteiger partial charge is 0.0835 e. The van der Waals surface area contributed by atoms with E-state index in [1.54, 1.807) is 6.20 Å². The van der Waals surface area contributed by atoms with E-state index in [0.717, 1.165) is 49.7 Å². The van der Waals surface area contributed by atoms with Crippen molar-refractivity contribution >= 4 is 11.6 Å². The molecule has 1 aromatic rings. The lowest BCUT2D eigenvalue weighted by atomic mass is 10.0. The molecule has 1 fully saturated rings. The molecule has 1 aromatic heterocycles. The van der Waals surface area contributed by atoms with E-state index in [0.29, 0.717) is 0 Å². The molecule has 102 valence electrons. The average molecular weight is 272 g/mol. The summed E-state index contributed by atoms with van der Waals surface area (Å²) in [4.78, 5) is 0. The van der Waals surface area contributed by atoms with Crippen LogP contribution in [0.4, 0.5) is 0 Å². The second-order valence-electron chi connectivity index (χ2n) is 4.68. The summed E-state index contributed by atoms with van der Waals surface area (Å²) >= 11 is 6.30. The Morgan fingerprint density at radius 3 is 3.06 bits per heavy atom. The minimum atomic E-state index is 0.155. The standard InChI is InChI=1S/C13H22ClN3O/c1-3-7-15-12(11-6-5-8-18-11)13-10(14)9-16-17(13)4-2/h9,11-12,15H,3-8H2,1-2H3. The Morgan fingerprint density at radius 2 is 2.44 bits per heavy atom. The quantitative estimate of drug-likeness (QED) is 0.865. The van der Waals surface area contributed by atoms with Gasteiger partial charge in [-0.2, -0.15) is 5.10 Å². The van der Waals surface area contributed by atoms with Gasteiger partial charge in [0.15, 0.2) is 0 Å². The Balaban J connectivity index is 2.23. The monoisotopic (exact) mass is 271 g/mol. The second kappa shape index (κ2) is 6.55. The van der Waals surface area contributed by atoms with Crippen LogP contribution in [-0.4, -0.2) is 29.0 Å². The lowest BCUT2D eigenvalue weighted by molar-refractivity contribution is 0.0755. The third kappa shape index (κ3) is 2.87. The summed E-state index contributed by atoms with van der Waals surface area (Å²) < 4.78 is 7.80. The van der Waals surface area contributed by atoms with Gasteiger partial charge in [-0.05, 0) is 32.7 Å². The highest BCUT2D eigenvalue weighted by molar-refractivity contribution is 6.31. The predicted molar refractivity (Wildman–Crippen MR) is 72.9 cm³/mol. The predicted octanol–water partition coefficient (Wildman–Crippen LogP) is 2.78. The summed E-state index contributed by atoms with van der Waals surface area (Å²) in [7, 11) is 0. The molecular weight excluding hydrogens is 250 g/mol. The molecule has 0 amide bonds. The van der Waals surface area contributed by atoms with E-state index in [4.69, 9.17) is 16.3 Å². The Morgan fingerprint density at radius 1 is 1.61 bits per heavy atom. The van der Waals surface area contributed by atoms with Crippen LogP contribution >= 0.6 is 11.6 Å². The first-order valence-corrected chi connectivity index (χ1v) is 7.21. The van der Waals surface area contributed by atoms with E-state index in [1.165, 1.54) is 0 Å². The van der Waals surface area contributed by atoms with Gasteiger partial charge in [-0.1, -0.05) is 18.5 Å². The molecule has 2 rings (SSSR count). The first-order chi connectivity index (χ1) is 8.77. The van der Waals surface area contributed by atoms with Crippen LogP contribution in [0, 0.1) is 0 Å². The molecule has 1 saturated heterocycles. The minimum Gasteiger partial charge on any atom is -0.376 e. The number of nitrogens with one attached hydrogen (secondary N) is 1. The van der Waals surface area contributed by atoms with Gasteiger partial charge in [-0.15, -0.1) is 0 Å². The molecule has 18 heavy (non-hydrogen) atoms. The summed E-state index contributed by atoms with van der Waals surface area (Å²) in [6.07, 6.45) is 5.27. The molecule has 0 aromatic carbocycles. The summed E-state index contributed by atoms with van der Waals surface area (Å²) in [6, 6.07) is 0.155. The van der Waals surface area contributed by atoms with Crippen LogP contribution in [0.1, 0.15) is 44.8 Å². The largest absolute Gasteiger partial charge is 0.376 e. The molecule has 2 heterocycles. The topological polar surface area (TPSA) is 39.1 Å². The van der Waals surface area contributed by atoms with E-state index in [-0.39, 0.29) is 12.1 Å². The van der Waals surface area contributed by atoms with Crippen LogP contribution in [-0.2, 0) is 11.3 Å². The fraction of sp³-hybridized carbons (Fsp3) is 0.769. The Labute approximate surface area is 114 Å². The minimum absolute atomic E-state index is 0.155. The van der Waals surface area contributed by atoms with Crippen LogP contribution in [0.2, 0.25) is 5.02 Å². The molecule has 0 radical (unpaired) electrons. The van der Waals surface area contributed by atoms with Crippen molar-refractivity contribution in [2.45, 2.75) is 51.8 Å². The number of hydrogen-bond donors (Lipinski definition) is 1. The van der Waals surface area contributed by atoms with E-state index >= 15 is 0 Å². The Kier molecular flexibility index (Phi) is 5.03.